The fraction of sp³-hybridized carbons (Fsp3) is 0.429. The summed E-state index contributed by atoms with van der Waals surface area (Å²) >= 11 is 0. The number of nitrogens with zero attached hydrogens (tertiary/aromatic N) is 2. The topological polar surface area (TPSA) is 67.8 Å². The molecule has 1 saturated carbocycles. The Hall–Kier alpha value is -1.84. The minimum Gasteiger partial charge on any atom is -0.385 e. The van der Waals surface area contributed by atoms with Gasteiger partial charge in [-0.15, -0.1) is 0 Å². The molecule has 1 aromatic rings. The summed E-state index contributed by atoms with van der Waals surface area (Å²) in [5.74, 6) is 0. The molecule has 0 heterocycles. The summed E-state index contributed by atoms with van der Waals surface area (Å²) in [7, 11) is 0. The van der Waals surface area contributed by atoms with Crippen molar-refractivity contribution in [3.05, 3.63) is 35.9 Å². The van der Waals surface area contributed by atoms with Gasteiger partial charge in [0.05, 0.1) is 17.7 Å². The van der Waals surface area contributed by atoms with Crippen molar-refractivity contribution < 1.29 is 5.11 Å². The predicted molar refractivity (Wildman–Crippen MR) is 62.5 cm³/mol. The molecule has 0 bridgehead atoms. The highest BCUT2D eigenvalue weighted by molar-refractivity contribution is 5.26. The first-order valence-electron chi connectivity index (χ1n) is 5.75. The van der Waals surface area contributed by atoms with Crippen molar-refractivity contribution >= 4 is 0 Å². The van der Waals surface area contributed by atoms with E-state index in [0.717, 1.165) is 5.56 Å². The first-order valence-corrected chi connectivity index (χ1v) is 5.75. The van der Waals surface area contributed by atoms with E-state index >= 15 is 0 Å². The highest BCUT2D eigenvalue weighted by Gasteiger charge is 2.43. The van der Waals surface area contributed by atoms with Gasteiger partial charge in [0.15, 0.2) is 0 Å². The lowest BCUT2D eigenvalue weighted by Crippen LogP contribution is -2.35. The number of benzene rings is 1. The van der Waals surface area contributed by atoms with Gasteiger partial charge in [-0.05, 0) is 31.2 Å². The molecule has 1 aliphatic rings. The molecule has 0 radical (unpaired) electrons. The average Bonchev–Trinajstić information content (AvgIpc) is 2.41. The molecular formula is C14H14N2O. The van der Waals surface area contributed by atoms with Crippen LogP contribution in [-0.2, 0) is 5.60 Å². The summed E-state index contributed by atoms with van der Waals surface area (Å²) in [6.07, 6.45) is 1.81. The summed E-state index contributed by atoms with van der Waals surface area (Å²) in [6, 6.07) is 13.6. The summed E-state index contributed by atoms with van der Waals surface area (Å²) in [5, 5.41) is 28.6. The molecule has 0 spiro atoms. The first kappa shape index (κ1) is 11.6. The van der Waals surface area contributed by atoms with Crippen molar-refractivity contribution in [3.8, 4) is 12.1 Å². The lowest BCUT2D eigenvalue weighted by Gasteiger charge is -2.37. The second kappa shape index (κ2) is 4.20. The third-order valence-electron chi connectivity index (χ3n) is 3.67. The third kappa shape index (κ3) is 2.02. The molecule has 3 heteroatoms. The van der Waals surface area contributed by atoms with E-state index in [9.17, 15) is 5.11 Å². The van der Waals surface area contributed by atoms with Crippen molar-refractivity contribution in [2.24, 2.45) is 5.41 Å². The Morgan fingerprint density at radius 2 is 1.47 bits per heavy atom. The molecule has 0 aliphatic heterocycles. The van der Waals surface area contributed by atoms with E-state index in [4.69, 9.17) is 10.5 Å². The Labute approximate surface area is 101 Å². The molecule has 1 N–H and O–H groups in total. The van der Waals surface area contributed by atoms with Crippen LogP contribution in [0.2, 0.25) is 0 Å². The Morgan fingerprint density at radius 1 is 0.941 bits per heavy atom. The van der Waals surface area contributed by atoms with Gasteiger partial charge in [0.25, 0.3) is 0 Å². The van der Waals surface area contributed by atoms with Gasteiger partial charge in [0.2, 0.25) is 0 Å². The zero-order valence-corrected chi connectivity index (χ0v) is 9.56. The lowest BCUT2D eigenvalue weighted by atomic mass is 9.68. The SMILES string of the molecule is N#CC1(C#N)CCC(O)(c2ccccc2)CC1. The largest absolute Gasteiger partial charge is 0.385 e. The lowest BCUT2D eigenvalue weighted by molar-refractivity contribution is -0.0172. The fourth-order valence-corrected chi connectivity index (χ4v) is 2.38. The maximum absolute atomic E-state index is 10.5. The van der Waals surface area contributed by atoms with E-state index in [1.54, 1.807) is 0 Å². The molecule has 0 atom stereocenters. The first-order chi connectivity index (χ1) is 8.14. The van der Waals surface area contributed by atoms with Gasteiger partial charge in [0, 0.05) is 0 Å². The number of hydrogen-bond acceptors (Lipinski definition) is 3. The van der Waals surface area contributed by atoms with E-state index < -0.39 is 11.0 Å². The number of hydrogen-bond donors (Lipinski definition) is 1. The average molecular weight is 226 g/mol. The molecule has 0 saturated heterocycles. The smallest absolute Gasteiger partial charge is 0.144 e. The van der Waals surface area contributed by atoms with Crippen molar-refractivity contribution in [2.75, 3.05) is 0 Å². The minimum absolute atomic E-state index is 0.436. The van der Waals surface area contributed by atoms with E-state index in [2.05, 4.69) is 12.1 Å². The maximum Gasteiger partial charge on any atom is 0.144 e. The van der Waals surface area contributed by atoms with Crippen LogP contribution in [0.3, 0.4) is 0 Å². The Morgan fingerprint density at radius 3 is 1.94 bits per heavy atom. The van der Waals surface area contributed by atoms with Gasteiger partial charge in [0.1, 0.15) is 5.41 Å². The van der Waals surface area contributed by atoms with Crippen LogP contribution in [0.5, 0.6) is 0 Å². The molecular weight excluding hydrogens is 212 g/mol. The second-order valence-corrected chi connectivity index (χ2v) is 4.70. The molecule has 0 unspecified atom stereocenters. The Kier molecular flexibility index (Phi) is 2.88. The summed E-state index contributed by atoms with van der Waals surface area (Å²) < 4.78 is 0. The second-order valence-electron chi connectivity index (χ2n) is 4.70. The van der Waals surface area contributed by atoms with Gasteiger partial charge < -0.3 is 5.11 Å². The third-order valence-corrected chi connectivity index (χ3v) is 3.67. The van der Waals surface area contributed by atoms with E-state index in [1.165, 1.54) is 0 Å². The highest BCUT2D eigenvalue weighted by Crippen LogP contribution is 2.44. The molecule has 0 aromatic heterocycles. The van der Waals surface area contributed by atoms with Gasteiger partial charge in [-0.3, -0.25) is 0 Å². The minimum atomic E-state index is -0.902. The Balaban J connectivity index is 2.20. The van der Waals surface area contributed by atoms with E-state index in [0.29, 0.717) is 25.7 Å². The molecule has 1 aliphatic carbocycles. The maximum atomic E-state index is 10.5. The van der Waals surface area contributed by atoms with Crippen LogP contribution in [0, 0.1) is 28.1 Å². The van der Waals surface area contributed by atoms with E-state index in [-0.39, 0.29) is 0 Å². The zero-order valence-electron chi connectivity index (χ0n) is 9.56. The van der Waals surface area contributed by atoms with Gasteiger partial charge in [-0.2, -0.15) is 10.5 Å². The summed E-state index contributed by atoms with van der Waals surface area (Å²) in [6.45, 7) is 0. The van der Waals surface area contributed by atoms with Gasteiger partial charge >= 0.3 is 0 Å². The molecule has 17 heavy (non-hydrogen) atoms. The summed E-state index contributed by atoms with van der Waals surface area (Å²) in [5.41, 5.74) is -0.899. The number of rotatable bonds is 1. The van der Waals surface area contributed by atoms with Crippen LogP contribution in [0.4, 0.5) is 0 Å². The van der Waals surface area contributed by atoms with Crippen molar-refractivity contribution in [1.29, 1.82) is 10.5 Å². The fourth-order valence-electron chi connectivity index (χ4n) is 2.38. The van der Waals surface area contributed by atoms with Gasteiger partial charge in [-0.1, -0.05) is 30.3 Å². The molecule has 3 nitrogen and oxygen atoms in total. The highest BCUT2D eigenvalue weighted by atomic mass is 16.3. The number of aliphatic hydroxyl groups is 1. The predicted octanol–water partition coefficient (Wildman–Crippen LogP) is 2.48. The molecule has 0 amide bonds. The standard InChI is InChI=1S/C14H14N2O/c15-10-13(11-16)6-8-14(17,9-7-13)12-4-2-1-3-5-12/h1-5,17H,6-9H2. The molecule has 86 valence electrons. The molecule has 1 fully saturated rings. The van der Waals surface area contributed by atoms with Crippen LogP contribution in [-0.4, -0.2) is 5.11 Å². The van der Waals surface area contributed by atoms with E-state index in [1.807, 2.05) is 30.3 Å². The van der Waals surface area contributed by atoms with Crippen molar-refractivity contribution in [3.63, 3.8) is 0 Å². The normalized spacial score (nSPS) is 21.1. The quantitative estimate of drug-likeness (QED) is 0.799. The number of nitriles is 2. The zero-order chi connectivity index (χ0) is 12.4. The van der Waals surface area contributed by atoms with Crippen LogP contribution >= 0.6 is 0 Å². The Bertz CT molecular complexity index is 457. The van der Waals surface area contributed by atoms with Gasteiger partial charge in [-0.25, -0.2) is 0 Å². The van der Waals surface area contributed by atoms with Crippen LogP contribution in [0.25, 0.3) is 0 Å². The van der Waals surface area contributed by atoms with Crippen LogP contribution in [0.15, 0.2) is 30.3 Å². The van der Waals surface area contributed by atoms with Crippen LogP contribution in [0.1, 0.15) is 31.2 Å². The van der Waals surface area contributed by atoms with Crippen molar-refractivity contribution in [1.82, 2.24) is 0 Å². The van der Waals surface area contributed by atoms with Crippen molar-refractivity contribution in [2.45, 2.75) is 31.3 Å². The van der Waals surface area contributed by atoms with Crippen LogP contribution < -0.4 is 0 Å². The monoisotopic (exact) mass is 226 g/mol. The molecule has 1 aromatic carbocycles. The summed E-state index contributed by atoms with van der Waals surface area (Å²) in [4.78, 5) is 0. The molecule has 2 rings (SSSR count).